The monoisotopic (exact) mass is 299 g/mol. The first-order valence-corrected chi connectivity index (χ1v) is 8.09. The van der Waals surface area contributed by atoms with Gasteiger partial charge < -0.3 is 14.7 Å². The van der Waals surface area contributed by atoms with Crippen LogP contribution in [-0.2, 0) is 14.3 Å². The Morgan fingerprint density at radius 3 is 2.48 bits per heavy atom. The van der Waals surface area contributed by atoms with Gasteiger partial charge in [-0.05, 0) is 25.2 Å². The van der Waals surface area contributed by atoms with Gasteiger partial charge in [0.05, 0.1) is 26.2 Å². The molecule has 0 aromatic carbocycles. The molecule has 0 heterocycles. The molecule has 1 fully saturated rings. The average molecular weight is 299 g/mol. The molecule has 0 spiro atoms. The second-order valence-corrected chi connectivity index (χ2v) is 5.87. The molecule has 1 atom stereocenters. The van der Waals surface area contributed by atoms with Crippen molar-refractivity contribution in [2.24, 2.45) is 5.92 Å². The maximum absolute atomic E-state index is 12.5. The summed E-state index contributed by atoms with van der Waals surface area (Å²) in [7, 11) is 1.35. The number of esters is 1. The summed E-state index contributed by atoms with van der Waals surface area (Å²) >= 11 is 0. The highest BCUT2D eigenvalue weighted by molar-refractivity contribution is 5.78. The van der Waals surface area contributed by atoms with Gasteiger partial charge in [0.1, 0.15) is 0 Å². The van der Waals surface area contributed by atoms with Crippen LogP contribution in [0.4, 0.5) is 0 Å². The summed E-state index contributed by atoms with van der Waals surface area (Å²) in [4.78, 5) is 25.5. The first-order valence-electron chi connectivity index (χ1n) is 8.09. The molecule has 1 N–H and O–H groups in total. The van der Waals surface area contributed by atoms with Crippen molar-refractivity contribution in [3.63, 3.8) is 0 Å². The standard InChI is InChI=1S/C16H29NO4/c1-3-14(12-18)17(10-9-16(20)21-2)15(19)11-13-7-5-4-6-8-13/h13-14,18H,3-12H2,1-2H3. The number of rotatable bonds is 8. The summed E-state index contributed by atoms with van der Waals surface area (Å²) in [5.41, 5.74) is 0. The number of hydrogen-bond acceptors (Lipinski definition) is 4. The third-order valence-corrected chi connectivity index (χ3v) is 4.42. The van der Waals surface area contributed by atoms with E-state index in [4.69, 9.17) is 0 Å². The molecule has 21 heavy (non-hydrogen) atoms. The van der Waals surface area contributed by atoms with Crippen molar-refractivity contribution in [3.05, 3.63) is 0 Å². The molecular formula is C16H29NO4. The van der Waals surface area contributed by atoms with Gasteiger partial charge in [0.25, 0.3) is 0 Å². The van der Waals surface area contributed by atoms with Crippen LogP contribution in [0.15, 0.2) is 0 Å². The molecule has 0 radical (unpaired) electrons. The van der Waals surface area contributed by atoms with Crippen LogP contribution >= 0.6 is 0 Å². The lowest BCUT2D eigenvalue weighted by atomic mass is 9.86. The Morgan fingerprint density at radius 2 is 1.95 bits per heavy atom. The SMILES string of the molecule is CCC(CO)N(CCC(=O)OC)C(=O)CC1CCCCC1. The van der Waals surface area contributed by atoms with Gasteiger partial charge in [-0.15, -0.1) is 0 Å². The first-order chi connectivity index (χ1) is 10.1. The molecule has 1 amide bonds. The van der Waals surface area contributed by atoms with Crippen LogP contribution in [0.5, 0.6) is 0 Å². The highest BCUT2D eigenvalue weighted by atomic mass is 16.5. The van der Waals surface area contributed by atoms with E-state index in [9.17, 15) is 14.7 Å². The third-order valence-electron chi connectivity index (χ3n) is 4.42. The Bertz CT molecular complexity index is 322. The van der Waals surface area contributed by atoms with Crippen LogP contribution < -0.4 is 0 Å². The molecule has 0 saturated heterocycles. The molecule has 5 nitrogen and oxygen atoms in total. The number of aliphatic hydroxyl groups is 1. The van der Waals surface area contributed by atoms with Crippen LogP contribution in [0, 0.1) is 5.92 Å². The summed E-state index contributed by atoms with van der Waals surface area (Å²) in [5.74, 6) is 0.202. The zero-order valence-corrected chi connectivity index (χ0v) is 13.3. The molecule has 0 aliphatic heterocycles. The molecule has 1 aliphatic rings. The molecule has 0 aromatic heterocycles. The van der Waals surface area contributed by atoms with E-state index in [1.165, 1.54) is 26.4 Å². The van der Waals surface area contributed by atoms with Gasteiger partial charge in [-0.3, -0.25) is 9.59 Å². The fraction of sp³-hybridized carbons (Fsp3) is 0.875. The molecule has 1 unspecified atom stereocenters. The van der Waals surface area contributed by atoms with Gasteiger partial charge in [-0.1, -0.05) is 26.2 Å². The second kappa shape index (κ2) is 9.77. The normalized spacial score (nSPS) is 17.3. The molecule has 122 valence electrons. The number of ether oxygens (including phenoxy) is 1. The number of amides is 1. The smallest absolute Gasteiger partial charge is 0.307 e. The van der Waals surface area contributed by atoms with Crippen molar-refractivity contribution in [3.8, 4) is 0 Å². The minimum atomic E-state index is -0.321. The fourth-order valence-electron chi connectivity index (χ4n) is 3.03. The van der Waals surface area contributed by atoms with Gasteiger partial charge in [0.2, 0.25) is 5.91 Å². The summed E-state index contributed by atoms with van der Waals surface area (Å²) in [6, 6.07) is -0.203. The highest BCUT2D eigenvalue weighted by Crippen LogP contribution is 2.27. The van der Waals surface area contributed by atoms with E-state index >= 15 is 0 Å². The predicted molar refractivity (Wildman–Crippen MR) is 80.7 cm³/mol. The predicted octanol–water partition coefficient (Wildman–Crippen LogP) is 2.12. The van der Waals surface area contributed by atoms with Crippen molar-refractivity contribution in [1.29, 1.82) is 0 Å². The Morgan fingerprint density at radius 1 is 1.29 bits per heavy atom. The molecule has 5 heteroatoms. The van der Waals surface area contributed by atoms with Crippen LogP contribution in [0.3, 0.4) is 0 Å². The highest BCUT2D eigenvalue weighted by Gasteiger charge is 2.25. The quantitative estimate of drug-likeness (QED) is 0.697. The minimum absolute atomic E-state index is 0.0614. The van der Waals surface area contributed by atoms with Crippen molar-refractivity contribution >= 4 is 11.9 Å². The summed E-state index contributed by atoms with van der Waals surface area (Å²) < 4.78 is 4.64. The van der Waals surface area contributed by atoms with Gasteiger partial charge >= 0.3 is 5.97 Å². The lowest BCUT2D eigenvalue weighted by Crippen LogP contribution is -2.44. The van der Waals surface area contributed by atoms with Crippen molar-refractivity contribution in [2.75, 3.05) is 20.3 Å². The summed E-state index contributed by atoms with van der Waals surface area (Å²) in [5, 5.41) is 9.46. The second-order valence-electron chi connectivity index (χ2n) is 5.87. The van der Waals surface area contributed by atoms with Crippen LogP contribution in [0.2, 0.25) is 0 Å². The van der Waals surface area contributed by atoms with E-state index in [1.807, 2.05) is 6.92 Å². The summed E-state index contributed by atoms with van der Waals surface area (Å²) in [6.07, 6.45) is 7.33. The lowest BCUT2D eigenvalue weighted by Gasteiger charge is -2.32. The van der Waals surface area contributed by atoms with Crippen molar-refractivity contribution in [1.82, 2.24) is 4.90 Å². The van der Waals surface area contributed by atoms with Gasteiger partial charge in [-0.25, -0.2) is 0 Å². The minimum Gasteiger partial charge on any atom is -0.469 e. The summed E-state index contributed by atoms with van der Waals surface area (Å²) in [6.45, 7) is 2.21. The Hall–Kier alpha value is -1.10. The van der Waals surface area contributed by atoms with Crippen molar-refractivity contribution < 1.29 is 19.4 Å². The number of nitrogens with zero attached hydrogens (tertiary/aromatic N) is 1. The molecular weight excluding hydrogens is 270 g/mol. The maximum Gasteiger partial charge on any atom is 0.307 e. The number of carbonyl (C=O) groups is 2. The fourth-order valence-corrected chi connectivity index (χ4v) is 3.03. The number of aliphatic hydroxyl groups excluding tert-OH is 1. The molecule has 1 saturated carbocycles. The van der Waals surface area contributed by atoms with Crippen LogP contribution in [0.1, 0.15) is 58.3 Å². The molecule has 1 rings (SSSR count). The van der Waals surface area contributed by atoms with E-state index in [0.29, 0.717) is 25.3 Å². The van der Waals surface area contributed by atoms with E-state index < -0.39 is 0 Å². The Kier molecular flexibility index (Phi) is 8.35. The zero-order chi connectivity index (χ0) is 15.7. The average Bonchev–Trinajstić information content (AvgIpc) is 2.51. The number of methoxy groups -OCH3 is 1. The van der Waals surface area contributed by atoms with E-state index in [0.717, 1.165) is 12.8 Å². The van der Waals surface area contributed by atoms with Crippen molar-refractivity contribution in [2.45, 2.75) is 64.3 Å². The zero-order valence-electron chi connectivity index (χ0n) is 13.3. The van der Waals surface area contributed by atoms with Crippen LogP contribution in [0.25, 0.3) is 0 Å². The van der Waals surface area contributed by atoms with E-state index in [2.05, 4.69) is 4.74 Å². The first kappa shape index (κ1) is 18.0. The molecule has 0 aromatic rings. The number of hydrogen-bond donors (Lipinski definition) is 1. The lowest BCUT2D eigenvalue weighted by molar-refractivity contribution is -0.143. The van der Waals surface area contributed by atoms with Gasteiger partial charge in [0, 0.05) is 13.0 Å². The largest absolute Gasteiger partial charge is 0.469 e. The van der Waals surface area contributed by atoms with Gasteiger partial charge in [0.15, 0.2) is 0 Å². The third kappa shape index (κ3) is 6.04. The maximum atomic E-state index is 12.5. The Labute approximate surface area is 127 Å². The van der Waals surface area contributed by atoms with Gasteiger partial charge in [-0.2, -0.15) is 0 Å². The topological polar surface area (TPSA) is 66.8 Å². The van der Waals surface area contributed by atoms with Crippen LogP contribution in [-0.4, -0.2) is 48.2 Å². The molecule has 0 bridgehead atoms. The number of carbonyl (C=O) groups excluding carboxylic acids is 2. The molecule has 1 aliphatic carbocycles. The van der Waals surface area contributed by atoms with E-state index in [1.54, 1.807) is 4.90 Å². The Balaban J connectivity index is 2.59. The van der Waals surface area contributed by atoms with E-state index in [-0.39, 0.29) is 30.9 Å².